The van der Waals surface area contributed by atoms with E-state index in [0.29, 0.717) is 13.1 Å². The van der Waals surface area contributed by atoms with Crippen molar-refractivity contribution in [1.29, 1.82) is 0 Å². The van der Waals surface area contributed by atoms with Gasteiger partial charge in [-0.1, -0.05) is 6.92 Å². The minimum absolute atomic E-state index is 0.307. The lowest BCUT2D eigenvalue weighted by molar-refractivity contribution is 0.102. The van der Waals surface area contributed by atoms with Gasteiger partial charge in [0, 0.05) is 19.0 Å². The molecule has 1 nitrogen and oxygen atoms in total. The highest BCUT2D eigenvalue weighted by molar-refractivity contribution is 4.81. The van der Waals surface area contributed by atoms with Gasteiger partial charge in [0.15, 0.2) is 0 Å². The predicted molar refractivity (Wildman–Crippen MR) is 31.8 cm³/mol. The summed E-state index contributed by atoms with van der Waals surface area (Å²) >= 11 is 0. The Morgan fingerprint density at radius 1 is 1.22 bits per heavy atom. The van der Waals surface area contributed by atoms with Crippen molar-refractivity contribution in [2.45, 2.75) is 19.3 Å². The number of hydrogen-bond acceptors (Lipinski definition) is 1. The van der Waals surface area contributed by atoms with Crippen LogP contribution in [0.25, 0.3) is 0 Å². The van der Waals surface area contributed by atoms with Crippen molar-refractivity contribution < 1.29 is 8.78 Å². The molecule has 1 rings (SSSR count). The van der Waals surface area contributed by atoms with Crippen LogP contribution in [0.1, 0.15) is 6.92 Å². The van der Waals surface area contributed by atoms with Crippen LogP contribution >= 0.6 is 0 Å². The Balaban J connectivity index is 2.41. The maximum atomic E-state index is 12.5. The molecule has 0 aromatic heterocycles. The Kier molecular flexibility index (Phi) is 2.01. The monoisotopic (exact) mass is 135 g/mol. The molecule has 2 unspecified atom stereocenters. The summed E-state index contributed by atoms with van der Waals surface area (Å²) in [6.45, 7) is 2.22. The third-order valence-electron chi connectivity index (χ3n) is 1.82. The van der Waals surface area contributed by atoms with E-state index >= 15 is 0 Å². The fourth-order valence-corrected chi connectivity index (χ4v) is 0.957. The lowest BCUT2D eigenvalue weighted by Gasteiger charge is -2.26. The molecule has 54 valence electrons. The molecule has 0 aliphatic carbocycles. The molecule has 0 aromatic rings. The minimum Gasteiger partial charge on any atom is -0.311 e. The van der Waals surface area contributed by atoms with Crippen molar-refractivity contribution in [2.24, 2.45) is 5.92 Å². The number of hydrogen-bond donors (Lipinski definition) is 1. The average Bonchev–Trinajstić information content (AvgIpc) is 1.83. The van der Waals surface area contributed by atoms with Gasteiger partial charge in [0.2, 0.25) is 0 Å². The van der Waals surface area contributed by atoms with E-state index in [4.69, 9.17) is 0 Å². The van der Waals surface area contributed by atoms with Crippen LogP contribution in [0.3, 0.4) is 0 Å². The quantitative estimate of drug-likeness (QED) is 0.520. The first-order valence-electron chi connectivity index (χ1n) is 3.20. The molecule has 3 heteroatoms. The van der Waals surface area contributed by atoms with Gasteiger partial charge in [0.05, 0.1) is 0 Å². The number of rotatable bonds is 0. The Morgan fingerprint density at radius 2 is 1.67 bits per heavy atom. The second kappa shape index (κ2) is 2.60. The molecule has 1 saturated heterocycles. The largest absolute Gasteiger partial charge is 0.311 e. The molecule has 1 aliphatic rings. The molecule has 1 heterocycles. The zero-order valence-corrected chi connectivity index (χ0v) is 5.40. The van der Waals surface area contributed by atoms with Gasteiger partial charge < -0.3 is 5.32 Å². The SMILES string of the molecule is CC1C(F)CNCC1F. The van der Waals surface area contributed by atoms with Gasteiger partial charge in [0.25, 0.3) is 0 Å². The van der Waals surface area contributed by atoms with Crippen LogP contribution in [-0.4, -0.2) is 25.4 Å². The summed E-state index contributed by atoms with van der Waals surface area (Å²) in [4.78, 5) is 0. The van der Waals surface area contributed by atoms with E-state index in [1.54, 1.807) is 6.92 Å². The highest BCUT2D eigenvalue weighted by Crippen LogP contribution is 2.17. The normalized spacial score (nSPS) is 45.0. The molecule has 1 N–H and O–H groups in total. The molecule has 0 radical (unpaired) electrons. The van der Waals surface area contributed by atoms with E-state index in [9.17, 15) is 8.78 Å². The molecule has 1 fully saturated rings. The van der Waals surface area contributed by atoms with Crippen molar-refractivity contribution in [3.8, 4) is 0 Å². The number of alkyl halides is 2. The van der Waals surface area contributed by atoms with E-state index in [1.165, 1.54) is 0 Å². The number of nitrogens with one attached hydrogen (secondary N) is 1. The van der Waals surface area contributed by atoms with Crippen molar-refractivity contribution in [2.75, 3.05) is 13.1 Å². The molecular formula is C6H11F2N. The van der Waals surface area contributed by atoms with Crippen molar-refractivity contribution in [3.05, 3.63) is 0 Å². The van der Waals surface area contributed by atoms with Gasteiger partial charge >= 0.3 is 0 Å². The van der Waals surface area contributed by atoms with Crippen LogP contribution in [0, 0.1) is 5.92 Å². The maximum Gasteiger partial charge on any atom is 0.118 e. The first-order valence-corrected chi connectivity index (χ1v) is 3.20. The lowest BCUT2D eigenvalue weighted by atomic mass is 9.97. The second-order valence-corrected chi connectivity index (χ2v) is 2.55. The third-order valence-corrected chi connectivity index (χ3v) is 1.82. The fraction of sp³-hybridized carbons (Fsp3) is 1.00. The molecular weight excluding hydrogens is 124 g/mol. The summed E-state index contributed by atoms with van der Waals surface area (Å²) in [5.41, 5.74) is 0. The van der Waals surface area contributed by atoms with Crippen LogP contribution in [0.2, 0.25) is 0 Å². The highest BCUT2D eigenvalue weighted by atomic mass is 19.1. The van der Waals surface area contributed by atoms with Crippen molar-refractivity contribution in [3.63, 3.8) is 0 Å². The highest BCUT2D eigenvalue weighted by Gasteiger charge is 2.29. The lowest BCUT2D eigenvalue weighted by Crippen LogP contribution is -2.44. The molecule has 0 spiro atoms. The molecule has 0 aromatic carbocycles. The number of piperidine rings is 1. The molecule has 2 atom stereocenters. The van der Waals surface area contributed by atoms with Gasteiger partial charge in [0.1, 0.15) is 12.3 Å². The minimum atomic E-state index is -1.01. The first kappa shape index (κ1) is 6.93. The van der Waals surface area contributed by atoms with Crippen molar-refractivity contribution in [1.82, 2.24) is 5.32 Å². The smallest absolute Gasteiger partial charge is 0.118 e. The van der Waals surface area contributed by atoms with E-state index < -0.39 is 18.3 Å². The van der Waals surface area contributed by atoms with Gasteiger partial charge in [-0.05, 0) is 0 Å². The Labute approximate surface area is 53.4 Å². The average molecular weight is 135 g/mol. The van der Waals surface area contributed by atoms with Gasteiger partial charge in [-0.2, -0.15) is 0 Å². The molecule has 1 aliphatic heterocycles. The maximum absolute atomic E-state index is 12.5. The second-order valence-electron chi connectivity index (χ2n) is 2.55. The van der Waals surface area contributed by atoms with E-state index in [-0.39, 0.29) is 0 Å². The zero-order chi connectivity index (χ0) is 6.85. The van der Waals surface area contributed by atoms with Crippen LogP contribution < -0.4 is 5.32 Å². The van der Waals surface area contributed by atoms with Crippen LogP contribution in [-0.2, 0) is 0 Å². The standard InChI is InChI=1S/C6H11F2N/c1-4-5(7)2-9-3-6(4)8/h4-6,9H,2-3H2,1H3. The predicted octanol–water partition coefficient (Wildman–Crippen LogP) is 0.902. The first-order chi connectivity index (χ1) is 4.22. The summed E-state index contributed by atoms with van der Waals surface area (Å²) in [7, 11) is 0. The van der Waals surface area contributed by atoms with Crippen LogP contribution in [0.4, 0.5) is 8.78 Å². The van der Waals surface area contributed by atoms with Crippen LogP contribution in [0.5, 0.6) is 0 Å². The van der Waals surface area contributed by atoms with Gasteiger partial charge in [-0.25, -0.2) is 8.78 Å². The summed E-state index contributed by atoms with van der Waals surface area (Å²) in [5.74, 6) is -0.425. The van der Waals surface area contributed by atoms with E-state index in [1.807, 2.05) is 0 Å². The Hall–Kier alpha value is -0.180. The summed E-state index contributed by atoms with van der Waals surface area (Å²) in [5, 5.41) is 2.66. The van der Waals surface area contributed by atoms with Crippen LogP contribution in [0.15, 0.2) is 0 Å². The Morgan fingerprint density at radius 3 is 2.00 bits per heavy atom. The number of halogens is 2. The van der Waals surface area contributed by atoms with E-state index in [2.05, 4.69) is 5.32 Å². The summed E-state index contributed by atoms with van der Waals surface area (Å²) in [6, 6.07) is 0. The van der Waals surface area contributed by atoms with E-state index in [0.717, 1.165) is 0 Å². The Bertz CT molecular complexity index is 87.1. The topological polar surface area (TPSA) is 12.0 Å². The molecule has 0 amide bonds. The summed E-state index contributed by atoms with van der Waals surface area (Å²) < 4.78 is 25.1. The molecule has 0 bridgehead atoms. The van der Waals surface area contributed by atoms with Gasteiger partial charge in [-0.3, -0.25) is 0 Å². The fourth-order valence-electron chi connectivity index (χ4n) is 0.957. The zero-order valence-electron chi connectivity index (χ0n) is 5.40. The molecule has 9 heavy (non-hydrogen) atoms. The van der Waals surface area contributed by atoms with Crippen molar-refractivity contribution >= 4 is 0 Å². The third kappa shape index (κ3) is 1.39. The van der Waals surface area contributed by atoms with Gasteiger partial charge in [-0.15, -0.1) is 0 Å². The molecule has 0 saturated carbocycles. The summed E-state index contributed by atoms with van der Waals surface area (Å²) in [6.07, 6.45) is -2.01.